The van der Waals surface area contributed by atoms with Crippen molar-refractivity contribution in [3.05, 3.63) is 53.3 Å². The molecule has 0 saturated heterocycles. The summed E-state index contributed by atoms with van der Waals surface area (Å²) in [5.41, 5.74) is 1.09. The van der Waals surface area contributed by atoms with Crippen molar-refractivity contribution in [2.45, 2.75) is 6.42 Å². The van der Waals surface area contributed by atoms with Gasteiger partial charge in [-0.15, -0.1) is 11.3 Å². The van der Waals surface area contributed by atoms with Gasteiger partial charge in [0.25, 0.3) is 5.91 Å². The molecule has 1 amide bonds. The average molecular weight is 428 g/mol. The number of thiazole rings is 1. The van der Waals surface area contributed by atoms with E-state index in [1.807, 2.05) is 12.1 Å². The molecule has 10 heteroatoms. The fraction of sp³-hybridized carbons (Fsp3) is 0.250. The van der Waals surface area contributed by atoms with Crippen LogP contribution < -0.4 is 14.8 Å². The standard InChI is InChI=1S/C20H20N4O5S/c1-27-15-5-4-13(10-16(15)28-2)6-9-21-17(25)11-29-20(26)14-12-30-19(24-14)18-22-7-3-8-23-18/h3-5,7-8,10,12H,6,9,11H2,1-2H3,(H,21,25). The molecule has 2 heterocycles. The summed E-state index contributed by atoms with van der Waals surface area (Å²) in [5.74, 6) is 0.614. The third kappa shape index (κ3) is 5.51. The van der Waals surface area contributed by atoms with Crippen molar-refractivity contribution >= 4 is 23.2 Å². The molecular formula is C20H20N4O5S. The van der Waals surface area contributed by atoms with E-state index in [0.29, 0.717) is 35.3 Å². The summed E-state index contributed by atoms with van der Waals surface area (Å²) in [6, 6.07) is 7.24. The smallest absolute Gasteiger partial charge is 0.358 e. The number of esters is 1. The van der Waals surface area contributed by atoms with Crippen molar-refractivity contribution in [2.75, 3.05) is 27.4 Å². The van der Waals surface area contributed by atoms with Crippen LogP contribution in [0.15, 0.2) is 42.0 Å². The maximum Gasteiger partial charge on any atom is 0.358 e. The molecule has 9 nitrogen and oxygen atoms in total. The number of methoxy groups -OCH3 is 2. The number of carbonyl (C=O) groups is 2. The summed E-state index contributed by atoms with van der Waals surface area (Å²) in [7, 11) is 3.14. The van der Waals surface area contributed by atoms with E-state index < -0.39 is 11.9 Å². The van der Waals surface area contributed by atoms with E-state index in [2.05, 4.69) is 20.3 Å². The monoisotopic (exact) mass is 428 g/mol. The second-order valence-electron chi connectivity index (χ2n) is 5.98. The Morgan fingerprint density at radius 3 is 2.60 bits per heavy atom. The highest BCUT2D eigenvalue weighted by Gasteiger charge is 2.16. The summed E-state index contributed by atoms with van der Waals surface area (Å²) >= 11 is 1.23. The average Bonchev–Trinajstić information content (AvgIpc) is 3.28. The summed E-state index contributed by atoms with van der Waals surface area (Å²) in [6.07, 6.45) is 3.77. The maximum absolute atomic E-state index is 12.1. The van der Waals surface area contributed by atoms with Crippen LogP contribution >= 0.6 is 11.3 Å². The molecule has 0 atom stereocenters. The van der Waals surface area contributed by atoms with E-state index in [9.17, 15) is 9.59 Å². The van der Waals surface area contributed by atoms with Crippen LogP contribution in [0.4, 0.5) is 0 Å². The third-order valence-corrected chi connectivity index (χ3v) is 4.83. The first-order valence-corrected chi connectivity index (χ1v) is 9.86. The zero-order valence-electron chi connectivity index (χ0n) is 16.5. The minimum absolute atomic E-state index is 0.112. The van der Waals surface area contributed by atoms with E-state index in [-0.39, 0.29) is 12.3 Å². The van der Waals surface area contributed by atoms with Gasteiger partial charge in [0.15, 0.2) is 34.6 Å². The molecule has 0 spiro atoms. The molecule has 156 valence electrons. The molecule has 30 heavy (non-hydrogen) atoms. The van der Waals surface area contributed by atoms with Crippen LogP contribution in [0.5, 0.6) is 11.5 Å². The van der Waals surface area contributed by atoms with Crippen LogP contribution in [0.1, 0.15) is 16.1 Å². The minimum atomic E-state index is -0.677. The first-order valence-electron chi connectivity index (χ1n) is 8.98. The molecule has 0 fully saturated rings. The molecule has 0 aliphatic heterocycles. The van der Waals surface area contributed by atoms with E-state index in [4.69, 9.17) is 14.2 Å². The number of amides is 1. The van der Waals surface area contributed by atoms with Crippen molar-refractivity contribution in [3.8, 4) is 22.3 Å². The van der Waals surface area contributed by atoms with E-state index in [0.717, 1.165) is 5.56 Å². The van der Waals surface area contributed by atoms with E-state index in [1.165, 1.54) is 11.3 Å². The van der Waals surface area contributed by atoms with Gasteiger partial charge in [-0.3, -0.25) is 4.79 Å². The summed E-state index contributed by atoms with van der Waals surface area (Å²) in [6.45, 7) is -0.00245. The first-order chi connectivity index (χ1) is 14.6. The van der Waals surface area contributed by atoms with Crippen LogP contribution in [0.25, 0.3) is 10.8 Å². The fourth-order valence-corrected chi connectivity index (χ4v) is 3.25. The van der Waals surface area contributed by atoms with Gasteiger partial charge in [-0.2, -0.15) is 0 Å². The third-order valence-electron chi connectivity index (χ3n) is 3.99. The Morgan fingerprint density at radius 2 is 1.87 bits per heavy atom. The van der Waals surface area contributed by atoms with Gasteiger partial charge in [-0.05, 0) is 30.2 Å². The molecule has 0 aliphatic rings. The zero-order valence-corrected chi connectivity index (χ0v) is 17.3. The summed E-state index contributed by atoms with van der Waals surface area (Å²) in [5, 5.41) is 4.76. The highest BCUT2D eigenvalue weighted by Crippen LogP contribution is 2.27. The Kier molecular flexibility index (Phi) is 7.28. The normalized spacial score (nSPS) is 10.3. The zero-order chi connectivity index (χ0) is 21.3. The Labute approximate surface area is 177 Å². The van der Waals surface area contributed by atoms with E-state index in [1.54, 1.807) is 44.1 Å². The first kappa shape index (κ1) is 21.2. The van der Waals surface area contributed by atoms with Crippen LogP contribution in [0.3, 0.4) is 0 Å². The predicted molar refractivity (Wildman–Crippen MR) is 110 cm³/mol. The highest BCUT2D eigenvalue weighted by molar-refractivity contribution is 7.13. The molecule has 0 bridgehead atoms. The van der Waals surface area contributed by atoms with Gasteiger partial charge in [0.05, 0.1) is 14.2 Å². The lowest BCUT2D eigenvalue weighted by atomic mass is 10.1. The van der Waals surface area contributed by atoms with Crippen LogP contribution in [0.2, 0.25) is 0 Å². The lowest BCUT2D eigenvalue weighted by molar-refractivity contribution is -0.124. The number of ether oxygens (including phenoxy) is 3. The number of nitrogens with zero attached hydrogens (tertiary/aromatic N) is 3. The SMILES string of the molecule is COc1ccc(CCNC(=O)COC(=O)c2csc(-c3ncccn3)n2)cc1OC. The lowest BCUT2D eigenvalue weighted by Crippen LogP contribution is -2.30. The predicted octanol–water partition coefficient (Wildman–Crippen LogP) is 2.13. The molecule has 0 unspecified atom stereocenters. The Bertz CT molecular complexity index is 1010. The summed E-state index contributed by atoms with van der Waals surface area (Å²) in [4.78, 5) is 36.4. The second kappa shape index (κ2) is 10.3. The number of carbonyl (C=O) groups excluding carboxylic acids is 2. The number of hydrogen-bond acceptors (Lipinski definition) is 9. The Balaban J connectivity index is 1.44. The van der Waals surface area contributed by atoms with Gasteiger partial charge >= 0.3 is 5.97 Å². The molecule has 1 N–H and O–H groups in total. The molecule has 0 radical (unpaired) electrons. The van der Waals surface area contributed by atoms with Crippen LogP contribution in [0, 0.1) is 0 Å². The quantitative estimate of drug-likeness (QED) is 0.516. The molecule has 3 rings (SSSR count). The van der Waals surface area contributed by atoms with Gasteiger partial charge < -0.3 is 19.5 Å². The number of aromatic nitrogens is 3. The molecule has 2 aromatic heterocycles. The number of benzene rings is 1. The van der Waals surface area contributed by atoms with Gasteiger partial charge in [0, 0.05) is 24.3 Å². The molecule has 0 aliphatic carbocycles. The number of hydrogen-bond donors (Lipinski definition) is 1. The van der Waals surface area contributed by atoms with E-state index >= 15 is 0 Å². The van der Waals surface area contributed by atoms with Crippen LogP contribution in [-0.2, 0) is 16.0 Å². The fourth-order valence-electron chi connectivity index (χ4n) is 2.52. The summed E-state index contributed by atoms with van der Waals surface area (Å²) < 4.78 is 15.5. The van der Waals surface area contributed by atoms with Crippen LogP contribution in [-0.4, -0.2) is 54.2 Å². The Morgan fingerprint density at radius 1 is 1.10 bits per heavy atom. The highest BCUT2D eigenvalue weighted by atomic mass is 32.1. The number of rotatable bonds is 9. The van der Waals surface area contributed by atoms with Gasteiger partial charge in [0.2, 0.25) is 0 Å². The molecular weight excluding hydrogens is 408 g/mol. The molecule has 1 aromatic carbocycles. The van der Waals surface area contributed by atoms with Gasteiger partial charge in [-0.1, -0.05) is 6.07 Å². The van der Waals surface area contributed by atoms with Crippen molar-refractivity contribution < 1.29 is 23.8 Å². The minimum Gasteiger partial charge on any atom is -0.493 e. The lowest BCUT2D eigenvalue weighted by Gasteiger charge is -2.10. The van der Waals surface area contributed by atoms with Crippen molar-refractivity contribution in [2.24, 2.45) is 0 Å². The van der Waals surface area contributed by atoms with Gasteiger partial charge in [-0.25, -0.2) is 19.7 Å². The molecule has 0 saturated carbocycles. The van der Waals surface area contributed by atoms with Crippen molar-refractivity contribution in [3.63, 3.8) is 0 Å². The molecule has 3 aromatic rings. The Hall–Kier alpha value is -3.53. The maximum atomic E-state index is 12.1. The number of nitrogens with one attached hydrogen (secondary N) is 1. The van der Waals surface area contributed by atoms with Crippen molar-refractivity contribution in [1.82, 2.24) is 20.3 Å². The van der Waals surface area contributed by atoms with Gasteiger partial charge in [0.1, 0.15) is 0 Å². The second-order valence-corrected chi connectivity index (χ2v) is 6.83. The topological polar surface area (TPSA) is 113 Å². The largest absolute Gasteiger partial charge is 0.493 e. The van der Waals surface area contributed by atoms with Crippen molar-refractivity contribution in [1.29, 1.82) is 0 Å².